The molecule has 1 aromatic rings. The second kappa shape index (κ2) is 6.85. The molecule has 6 heteroatoms. The van der Waals surface area contributed by atoms with E-state index in [1.807, 2.05) is 6.92 Å². The van der Waals surface area contributed by atoms with Crippen LogP contribution in [-0.4, -0.2) is 34.7 Å². The lowest BCUT2D eigenvalue weighted by molar-refractivity contribution is -0.122. The van der Waals surface area contributed by atoms with E-state index in [9.17, 15) is 9.59 Å². The molecule has 1 N–H and O–H groups in total. The van der Waals surface area contributed by atoms with Gasteiger partial charge in [0.2, 0.25) is 5.91 Å². The van der Waals surface area contributed by atoms with Crippen LogP contribution in [0, 0.1) is 13.8 Å². The Bertz CT molecular complexity index is 560. The van der Waals surface area contributed by atoms with Gasteiger partial charge in [-0.2, -0.15) is 4.98 Å². The molecule has 0 atom stereocenters. The Hall–Kier alpha value is -1.69. The van der Waals surface area contributed by atoms with E-state index in [1.54, 1.807) is 20.1 Å². The fourth-order valence-corrected chi connectivity index (χ4v) is 2.83. The number of carbonyl (C=O) groups is 1. The number of aryl methyl sites for hydroxylation is 2. The van der Waals surface area contributed by atoms with Gasteiger partial charge in [-0.3, -0.25) is 9.36 Å². The van der Waals surface area contributed by atoms with Crippen LogP contribution in [0.25, 0.3) is 0 Å². The molecule has 1 aliphatic rings. The number of nitrogens with one attached hydrogen (secondary N) is 1. The first-order chi connectivity index (χ1) is 9.99. The van der Waals surface area contributed by atoms with Crippen LogP contribution in [0.15, 0.2) is 10.9 Å². The largest absolute Gasteiger partial charge is 0.381 e. The van der Waals surface area contributed by atoms with E-state index < -0.39 is 0 Å². The summed E-state index contributed by atoms with van der Waals surface area (Å²) in [6.45, 7) is 3.61. The minimum absolute atomic E-state index is 0.0299. The topological polar surface area (TPSA) is 73.2 Å². The van der Waals surface area contributed by atoms with Crippen LogP contribution >= 0.6 is 0 Å². The summed E-state index contributed by atoms with van der Waals surface area (Å²) in [5.41, 5.74) is 1.06. The summed E-state index contributed by atoms with van der Waals surface area (Å²) in [6.07, 6.45) is 4.08. The highest BCUT2D eigenvalue weighted by Crippen LogP contribution is 2.20. The van der Waals surface area contributed by atoms with Gasteiger partial charge in [0.1, 0.15) is 6.54 Å². The highest BCUT2D eigenvalue weighted by molar-refractivity contribution is 5.76. The Morgan fingerprint density at radius 1 is 1.38 bits per heavy atom. The van der Waals surface area contributed by atoms with E-state index in [-0.39, 0.29) is 24.2 Å². The van der Waals surface area contributed by atoms with Gasteiger partial charge in [0.05, 0.1) is 6.10 Å². The van der Waals surface area contributed by atoms with Crippen molar-refractivity contribution in [2.45, 2.75) is 58.2 Å². The average molecular weight is 293 g/mol. The molecule has 2 rings (SSSR count). The van der Waals surface area contributed by atoms with Gasteiger partial charge in [-0.25, -0.2) is 4.79 Å². The number of aromatic nitrogens is 2. The maximum atomic E-state index is 12.1. The first kappa shape index (κ1) is 15.7. The van der Waals surface area contributed by atoms with E-state index in [0.717, 1.165) is 31.4 Å². The first-order valence-electron chi connectivity index (χ1n) is 7.37. The van der Waals surface area contributed by atoms with Crippen molar-refractivity contribution in [1.29, 1.82) is 0 Å². The van der Waals surface area contributed by atoms with E-state index in [1.165, 1.54) is 4.57 Å². The number of hydrogen-bond donors (Lipinski definition) is 1. The number of rotatable bonds is 4. The van der Waals surface area contributed by atoms with E-state index >= 15 is 0 Å². The summed E-state index contributed by atoms with van der Waals surface area (Å²) in [5.74, 6) is -0.133. The summed E-state index contributed by atoms with van der Waals surface area (Å²) in [5, 5.41) is 3.00. The summed E-state index contributed by atoms with van der Waals surface area (Å²) in [7, 11) is 1.73. The predicted octanol–water partition coefficient (Wildman–Crippen LogP) is 0.934. The van der Waals surface area contributed by atoms with Crippen LogP contribution in [0.5, 0.6) is 0 Å². The summed E-state index contributed by atoms with van der Waals surface area (Å²) in [4.78, 5) is 27.8. The Kier molecular flexibility index (Phi) is 5.12. The van der Waals surface area contributed by atoms with Crippen molar-refractivity contribution < 1.29 is 9.53 Å². The van der Waals surface area contributed by atoms with Crippen LogP contribution in [0.1, 0.15) is 37.1 Å². The SMILES string of the molecule is COC1CCC(NC(=O)Cn2c(C)cc(C)nc2=O)CC1. The third-order valence-corrected chi connectivity index (χ3v) is 4.02. The number of nitrogens with zero attached hydrogens (tertiary/aromatic N) is 2. The lowest BCUT2D eigenvalue weighted by Crippen LogP contribution is -2.42. The molecule has 6 nitrogen and oxygen atoms in total. The van der Waals surface area contributed by atoms with Crippen molar-refractivity contribution in [3.8, 4) is 0 Å². The average Bonchev–Trinajstić information content (AvgIpc) is 2.43. The van der Waals surface area contributed by atoms with Gasteiger partial charge in [0.15, 0.2) is 0 Å². The predicted molar refractivity (Wildman–Crippen MR) is 79.2 cm³/mol. The van der Waals surface area contributed by atoms with Crippen molar-refractivity contribution >= 4 is 5.91 Å². The fourth-order valence-electron chi connectivity index (χ4n) is 2.83. The standard InChI is InChI=1S/C15H23N3O3/c1-10-8-11(2)18(15(20)16-10)9-14(19)17-12-4-6-13(21-3)7-5-12/h8,12-13H,4-7,9H2,1-3H3,(H,17,19). The summed E-state index contributed by atoms with van der Waals surface area (Å²) in [6, 6.07) is 1.98. The molecule has 1 saturated carbocycles. The maximum absolute atomic E-state index is 12.1. The number of ether oxygens (including phenoxy) is 1. The summed E-state index contributed by atoms with van der Waals surface area (Å²) >= 11 is 0. The summed E-state index contributed by atoms with van der Waals surface area (Å²) < 4.78 is 6.72. The number of carbonyl (C=O) groups excluding carboxylic acids is 1. The van der Waals surface area contributed by atoms with E-state index in [0.29, 0.717) is 11.8 Å². The molecule has 0 unspecified atom stereocenters. The van der Waals surface area contributed by atoms with Gasteiger partial charge >= 0.3 is 5.69 Å². The molecule has 0 bridgehead atoms. The smallest absolute Gasteiger partial charge is 0.348 e. The molecule has 0 aliphatic heterocycles. The van der Waals surface area contributed by atoms with Crippen molar-refractivity contribution in [2.75, 3.05) is 7.11 Å². The van der Waals surface area contributed by atoms with Gasteiger partial charge in [-0.15, -0.1) is 0 Å². The van der Waals surface area contributed by atoms with Gasteiger partial charge in [-0.05, 0) is 45.6 Å². The zero-order valence-corrected chi connectivity index (χ0v) is 12.9. The minimum Gasteiger partial charge on any atom is -0.381 e. The van der Waals surface area contributed by atoms with Gasteiger partial charge in [0.25, 0.3) is 0 Å². The van der Waals surface area contributed by atoms with Crippen molar-refractivity contribution in [3.63, 3.8) is 0 Å². The molecule has 1 aromatic heterocycles. The Labute approximate surface area is 124 Å². The molecular formula is C15H23N3O3. The van der Waals surface area contributed by atoms with E-state index in [2.05, 4.69) is 10.3 Å². The molecule has 0 radical (unpaired) electrons. The highest BCUT2D eigenvalue weighted by atomic mass is 16.5. The Morgan fingerprint density at radius 2 is 2.05 bits per heavy atom. The zero-order chi connectivity index (χ0) is 15.4. The molecule has 1 aliphatic carbocycles. The maximum Gasteiger partial charge on any atom is 0.348 e. The monoisotopic (exact) mass is 293 g/mol. The van der Waals surface area contributed by atoms with Crippen LogP contribution in [0.3, 0.4) is 0 Å². The van der Waals surface area contributed by atoms with Gasteiger partial charge in [0, 0.05) is 24.5 Å². The van der Waals surface area contributed by atoms with Gasteiger partial charge in [-0.1, -0.05) is 0 Å². The first-order valence-corrected chi connectivity index (χ1v) is 7.37. The quantitative estimate of drug-likeness (QED) is 0.896. The number of hydrogen-bond acceptors (Lipinski definition) is 4. The van der Waals surface area contributed by atoms with E-state index in [4.69, 9.17) is 4.74 Å². The molecule has 0 spiro atoms. The molecule has 116 valence electrons. The van der Waals surface area contributed by atoms with Crippen molar-refractivity contribution in [2.24, 2.45) is 0 Å². The van der Waals surface area contributed by atoms with Gasteiger partial charge < -0.3 is 10.1 Å². The minimum atomic E-state index is -0.370. The molecule has 0 aromatic carbocycles. The second-order valence-electron chi connectivity index (χ2n) is 5.68. The lowest BCUT2D eigenvalue weighted by Gasteiger charge is -2.28. The fraction of sp³-hybridized carbons (Fsp3) is 0.667. The van der Waals surface area contributed by atoms with Crippen LogP contribution in [0.2, 0.25) is 0 Å². The highest BCUT2D eigenvalue weighted by Gasteiger charge is 2.22. The molecule has 0 saturated heterocycles. The second-order valence-corrected chi connectivity index (χ2v) is 5.68. The zero-order valence-electron chi connectivity index (χ0n) is 12.9. The third kappa shape index (κ3) is 4.14. The Balaban J connectivity index is 1.92. The molecule has 1 amide bonds. The molecule has 1 heterocycles. The molecule has 21 heavy (non-hydrogen) atoms. The van der Waals surface area contributed by atoms with Crippen LogP contribution < -0.4 is 11.0 Å². The number of methoxy groups -OCH3 is 1. The third-order valence-electron chi connectivity index (χ3n) is 4.02. The number of amides is 1. The molecular weight excluding hydrogens is 270 g/mol. The van der Waals surface area contributed by atoms with Crippen LogP contribution in [0.4, 0.5) is 0 Å². The van der Waals surface area contributed by atoms with Crippen LogP contribution in [-0.2, 0) is 16.1 Å². The molecule has 1 fully saturated rings. The van der Waals surface area contributed by atoms with Crippen molar-refractivity contribution in [1.82, 2.24) is 14.9 Å². The van der Waals surface area contributed by atoms with Crippen molar-refractivity contribution in [3.05, 3.63) is 27.9 Å². The Morgan fingerprint density at radius 3 is 2.62 bits per heavy atom. The normalized spacial score (nSPS) is 22.0. The lowest BCUT2D eigenvalue weighted by atomic mass is 9.93.